The summed E-state index contributed by atoms with van der Waals surface area (Å²) < 4.78 is 40.5. The summed E-state index contributed by atoms with van der Waals surface area (Å²) in [6.45, 7) is 4.47. The molecule has 0 spiro atoms. The van der Waals surface area contributed by atoms with Crippen LogP contribution < -0.4 is 5.73 Å². The summed E-state index contributed by atoms with van der Waals surface area (Å²) >= 11 is 0. The van der Waals surface area contributed by atoms with Crippen molar-refractivity contribution in [1.82, 2.24) is 4.90 Å². The van der Waals surface area contributed by atoms with Crippen LogP contribution in [0.1, 0.15) is 43.5 Å². The fourth-order valence-electron chi connectivity index (χ4n) is 3.05. The minimum atomic E-state index is -1.19. The number of benzene rings is 1. The van der Waals surface area contributed by atoms with Crippen molar-refractivity contribution in [3.63, 3.8) is 0 Å². The Balaban J connectivity index is 2.03. The van der Waals surface area contributed by atoms with Crippen LogP contribution in [0.15, 0.2) is 12.1 Å². The average molecular weight is 356 g/mol. The monoisotopic (exact) mass is 356 g/mol. The van der Waals surface area contributed by atoms with E-state index in [1.54, 1.807) is 4.90 Å². The maximum absolute atomic E-state index is 13.8. The van der Waals surface area contributed by atoms with Crippen molar-refractivity contribution >= 4 is 11.7 Å². The molecule has 1 amide bonds. The summed E-state index contributed by atoms with van der Waals surface area (Å²) in [5.41, 5.74) is 5.24. The number of likely N-dealkylation sites (tertiary alicyclic amines) is 1. The number of piperidine rings is 1. The maximum atomic E-state index is 13.8. The van der Waals surface area contributed by atoms with Crippen molar-refractivity contribution < 1.29 is 22.8 Å². The number of nitrogens with zero attached hydrogens (tertiary/aromatic N) is 1. The SMILES string of the molecule is CCC(C)C(N)C(=O)N1CCC(C(=O)c2c(F)cc(F)cc2F)CC1. The van der Waals surface area contributed by atoms with E-state index in [0.29, 0.717) is 38.1 Å². The highest BCUT2D eigenvalue weighted by molar-refractivity contribution is 5.98. The standard InChI is InChI=1S/C18H23F3N2O2/c1-3-10(2)16(22)18(25)23-6-4-11(5-7-23)17(24)15-13(20)8-12(19)9-14(15)21/h8-11,16H,3-7,22H2,1-2H3. The number of hydrogen-bond donors (Lipinski definition) is 1. The van der Waals surface area contributed by atoms with E-state index < -0.39 is 40.8 Å². The Morgan fingerprint density at radius 1 is 1.20 bits per heavy atom. The topological polar surface area (TPSA) is 63.4 Å². The second-order valence-corrected chi connectivity index (χ2v) is 6.62. The lowest BCUT2D eigenvalue weighted by Crippen LogP contribution is -2.50. The first-order chi connectivity index (χ1) is 11.8. The molecule has 2 unspecified atom stereocenters. The van der Waals surface area contributed by atoms with E-state index in [0.717, 1.165) is 6.42 Å². The fourth-order valence-corrected chi connectivity index (χ4v) is 3.05. The minimum Gasteiger partial charge on any atom is -0.341 e. The molecule has 1 heterocycles. The lowest BCUT2D eigenvalue weighted by molar-refractivity contribution is -0.135. The highest BCUT2D eigenvalue weighted by Gasteiger charge is 2.33. The molecule has 1 fully saturated rings. The first-order valence-corrected chi connectivity index (χ1v) is 8.49. The summed E-state index contributed by atoms with van der Waals surface area (Å²) in [4.78, 5) is 26.3. The zero-order valence-corrected chi connectivity index (χ0v) is 14.4. The average Bonchev–Trinajstić information content (AvgIpc) is 2.58. The Hall–Kier alpha value is -1.89. The molecule has 7 heteroatoms. The van der Waals surface area contributed by atoms with Crippen LogP contribution in [0.4, 0.5) is 13.2 Å². The van der Waals surface area contributed by atoms with Gasteiger partial charge in [0.1, 0.15) is 17.5 Å². The maximum Gasteiger partial charge on any atom is 0.239 e. The number of halogens is 3. The molecular weight excluding hydrogens is 333 g/mol. The van der Waals surface area contributed by atoms with E-state index in [1.807, 2.05) is 13.8 Å². The molecule has 1 aliphatic heterocycles. The summed E-state index contributed by atoms with van der Waals surface area (Å²) in [7, 11) is 0. The van der Waals surface area contributed by atoms with E-state index in [-0.39, 0.29) is 11.8 Å². The van der Waals surface area contributed by atoms with Crippen LogP contribution in [0, 0.1) is 29.3 Å². The van der Waals surface area contributed by atoms with Gasteiger partial charge >= 0.3 is 0 Å². The van der Waals surface area contributed by atoms with Gasteiger partial charge in [-0.1, -0.05) is 20.3 Å². The lowest BCUT2D eigenvalue weighted by atomic mass is 9.87. The fraction of sp³-hybridized carbons (Fsp3) is 0.556. The Morgan fingerprint density at radius 3 is 2.20 bits per heavy atom. The molecule has 2 N–H and O–H groups in total. The molecule has 2 atom stereocenters. The van der Waals surface area contributed by atoms with Crippen molar-refractivity contribution in [2.75, 3.05) is 13.1 Å². The van der Waals surface area contributed by atoms with Gasteiger partial charge in [-0.2, -0.15) is 0 Å². The normalized spacial score (nSPS) is 18.1. The highest BCUT2D eigenvalue weighted by atomic mass is 19.1. The number of ketones is 1. The third kappa shape index (κ3) is 4.21. The first-order valence-electron chi connectivity index (χ1n) is 8.49. The zero-order chi connectivity index (χ0) is 18.7. The number of amides is 1. The number of Topliss-reactive ketones (excluding diaryl/α,β-unsaturated/α-hetero) is 1. The molecule has 1 saturated heterocycles. The highest BCUT2D eigenvalue weighted by Crippen LogP contribution is 2.26. The number of carbonyl (C=O) groups is 2. The van der Waals surface area contributed by atoms with E-state index in [2.05, 4.69) is 0 Å². The van der Waals surface area contributed by atoms with E-state index >= 15 is 0 Å². The molecule has 1 aromatic carbocycles. The molecule has 0 radical (unpaired) electrons. The number of rotatable bonds is 5. The molecule has 138 valence electrons. The van der Waals surface area contributed by atoms with Crippen LogP contribution in [-0.2, 0) is 4.79 Å². The summed E-state index contributed by atoms with van der Waals surface area (Å²) in [5, 5.41) is 0. The molecule has 0 saturated carbocycles. The third-order valence-electron chi connectivity index (χ3n) is 4.97. The quantitative estimate of drug-likeness (QED) is 0.825. The van der Waals surface area contributed by atoms with Crippen LogP contribution >= 0.6 is 0 Å². The second-order valence-electron chi connectivity index (χ2n) is 6.62. The zero-order valence-electron chi connectivity index (χ0n) is 14.4. The molecule has 1 aromatic rings. The lowest BCUT2D eigenvalue weighted by Gasteiger charge is -2.34. The number of carbonyl (C=O) groups excluding carboxylic acids is 2. The Labute approximate surface area is 145 Å². The van der Waals surface area contributed by atoms with Crippen LogP contribution in [0.3, 0.4) is 0 Å². The molecule has 2 rings (SSSR count). The third-order valence-corrected chi connectivity index (χ3v) is 4.97. The number of hydrogen-bond acceptors (Lipinski definition) is 3. The van der Waals surface area contributed by atoms with E-state index in [1.165, 1.54) is 0 Å². The van der Waals surface area contributed by atoms with Gasteiger partial charge in [0.05, 0.1) is 11.6 Å². The predicted molar refractivity (Wildman–Crippen MR) is 87.4 cm³/mol. The molecule has 1 aliphatic rings. The molecular formula is C18H23F3N2O2. The van der Waals surface area contributed by atoms with Gasteiger partial charge in [0.2, 0.25) is 5.91 Å². The Bertz CT molecular complexity index is 635. The van der Waals surface area contributed by atoms with Gasteiger partial charge in [0, 0.05) is 31.1 Å². The van der Waals surface area contributed by atoms with Crippen molar-refractivity contribution in [2.24, 2.45) is 17.6 Å². The molecule has 0 bridgehead atoms. The summed E-state index contributed by atoms with van der Waals surface area (Å²) in [6.07, 6.45) is 1.38. The summed E-state index contributed by atoms with van der Waals surface area (Å²) in [5.74, 6) is -4.86. The van der Waals surface area contributed by atoms with E-state index in [4.69, 9.17) is 5.73 Å². The molecule has 25 heavy (non-hydrogen) atoms. The predicted octanol–water partition coefficient (Wildman–Crippen LogP) is 2.90. The molecule has 0 aromatic heterocycles. The van der Waals surface area contributed by atoms with Crippen molar-refractivity contribution in [3.8, 4) is 0 Å². The smallest absolute Gasteiger partial charge is 0.239 e. The van der Waals surface area contributed by atoms with Gasteiger partial charge in [0.25, 0.3) is 0 Å². The second kappa shape index (κ2) is 7.99. The summed E-state index contributed by atoms with van der Waals surface area (Å²) in [6, 6.07) is 0.407. The van der Waals surface area contributed by atoms with Gasteiger partial charge in [0.15, 0.2) is 5.78 Å². The van der Waals surface area contributed by atoms with Crippen molar-refractivity contribution in [1.29, 1.82) is 0 Å². The largest absolute Gasteiger partial charge is 0.341 e. The van der Waals surface area contributed by atoms with Gasteiger partial charge in [-0.05, 0) is 18.8 Å². The minimum absolute atomic E-state index is 0.0502. The van der Waals surface area contributed by atoms with Gasteiger partial charge < -0.3 is 10.6 Å². The Kier molecular flexibility index (Phi) is 6.21. The van der Waals surface area contributed by atoms with Gasteiger partial charge in [-0.15, -0.1) is 0 Å². The van der Waals surface area contributed by atoms with E-state index in [9.17, 15) is 22.8 Å². The van der Waals surface area contributed by atoms with Crippen LogP contribution in [0.2, 0.25) is 0 Å². The first kappa shape index (κ1) is 19.4. The van der Waals surface area contributed by atoms with Crippen molar-refractivity contribution in [2.45, 2.75) is 39.2 Å². The van der Waals surface area contributed by atoms with Crippen LogP contribution in [-0.4, -0.2) is 35.7 Å². The van der Waals surface area contributed by atoms with Crippen molar-refractivity contribution in [3.05, 3.63) is 35.1 Å². The number of nitrogens with two attached hydrogens (primary N) is 1. The van der Waals surface area contributed by atoms with Gasteiger partial charge in [-0.3, -0.25) is 9.59 Å². The van der Waals surface area contributed by atoms with Crippen LogP contribution in [0.5, 0.6) is 0 Å². The van der Waals surface area contributed by atoms with Crippen LogP contribution in [0.25, 0.3) is 0 Å². The molecule has 4 nitrogen and oxygen atoms in total. The Morgan fingerprint density at radius 2 is 1.72 bits per heavy atom. The van der Waals surface area contributed by atoms with Gasteiger partial charge in [-0.25, -0.2) is 13.2 Å². The molecule has 0 aliphatic carbocycles.